The van der Waals surface area contributed by atoms with E-state index in [-0.39, 0.29) is 29.8 Å². The molecule has 3 aromatic rings. The molecule has 10 nitrogen and oxygen atoms in total. The van der Waals surface area contributed by atoms with E-state index < -0.39 is 5.82 Å². The Bertz CT molecular complexity index is 1410. The van der Waals surface area contributed by atoms with Crippen LogP contribution in [-0.2, 0) is 4.79 Å². The topological polar surface area (TPSA) is 105 Å². The van der Waals surface area contributed by atoms with Crippen LogP contribution in [0.3, 0.4) is 0 Å². The fraction of sp³-hybridized carbons (Fsp3) is 0.562. The van der Waals surface area contributed by atoms with Crippen LogP contribution in [0, 0.1) is 11.7 Å². The van der Waals surface area contributed by atoms with Gasteiger partial charge in [0.2, 0.25) is 17.7 Å². The molecule has 43 heavy (non-hydrogen) atoms. The van der Waals surface area contributed by atoms with Crippen molar-refractivity contribution < 1.29 is 18.7 Å². The molecule has 1 saturated carbocycles. The molecule has 0 bridgehead atoms. The fourth-order valence-corrected chi connectivity index (χ4v) is 6.74. The van der Waals surface area contributed by atoms with Crippen LogP contribution in [0.15, 0.2) is 36.5 Å². The number of aromatic nitrogens is 3. The molecule has 2 aliphatic heterocycles. The van der Waals surface area contributed by atoms with Crippen molar-refractivity contribution in [1.29, 1.82) is 0 Å². The molecule has 2 saturated heterocycles. The molecular weight excluding hydrogens is 549 g/mol. The molecule has 1 aromatic carbocycles. The molecule has 3 aliphatic rings. The first-order valence-electron chi connectivity index (χ1n) is 15.8. The summed E-state index contributed by atoms with van der Waals surface area (Å²) in [5, 5.41) is 6.32. The summed E-state index contributed by atoms with van der Waals surface area (Å²) in [7, 11) is 0. The predicted molar refractivity (Wildman–Crippen MR) is 163 cm³/mol. The van der Waals surface area contributed by atoms with Crippen molar-refractivity contribution in [2.45, 2.75) is 64.0 Å². The van der Waals surface area contributed by atoms with Crippen molar-refractivity contribution in [2.24, 2.45) is 5.92 Å². The molecule has 230 valence electrons. The normalized spacial score (nSPS) is 23.3. The molecule has 1 unspecified atom stereocenters. The van der Waals surface area contributed by atoms with Gasteiger partial charge in [-0.15, -0.1) is 0 Å². The zero-order valence-electron chi connectivity index (χ0n) is 24.9. The smallest absolute Gasteiger partial charge is 0.257 e. The maximum atomic E-state index is 13.5. The second-order valence-corrected chi connectivity index (χ2v) is 12.1. The van der Waals surface area contributed by atoms with Gasteiger partial charge in [0.25, 0.3) is 5.91 Å². The van der Waals surface area contributed by atoms with E-state index in [1.165, 1.54) is 43.5 Å². The van der Waals surface area contributed by atoms with Gasteiger partial charge in [-0.1, -0.05) is 6.42 Å². The third kappa shape index (κ3) is 6.83. The highest BCUT2D eigenvalue weighted by molar-refractivity contribution is 6.04. The number of halogens is 1. The van der Waals surface area contributed by atoms with E-state index >= 15 is 0 Å². The molecule has 2 N–H and O–H groups in total. The van der Waals surface area contributed by atoms with E-state index in [9.17, 15) is 14.0 Å². The maximum absolute atomic E-state index is 13.5. The number of fused-ring (bicyclic) bond motifs is 1. The first kappa shape index (κ1) is 29.5. The van der Waals surface area contributed by atoms with Crippen LogP contribution in [0.2, 0.25) is 0 Å². The predicted octanol–water partition coefficient (Wildman–Crippen LogP) is 4.24. The Morgan fingerprint density at radius 1 is 1.07 bits per heavy atom. The number of pyridine rings is 1. The van der Waals surface area contributed by atoms with Gasteiger partial charge in [0.15, 0.2) is 0 Å². The van der Waals surface area contributed by atoms with Gasteiger partial charge in [-0.2, -0.15) is 0 Å². The van der Waals surface area contributed by atoms with Crippen LogP contribution >= 0.6 is 0 Å². The number of carbonyl (C=O) groups excluding carboxylic acids is 2. The van der Waals surface area contributed by atoms with Gasteiger partial charge in [0, 0.05) is 55.8 Å². The van der Waals surface area contributed by atoms with E-state index in [4.69, 9.17) is 9.72 Å². The van der Waals surface area contributed by atoms with Crippen LogP contribution in [0.4, 0.5) is 10.3 Å². The van der Waals surface area contributed by atoms with Crippen molar-refractivity contribution >= 4 is 28.8 Å². The van der Waals surface area contributed by atoms with Crippen LogP contribution < -0.4 is 15.4 Å². The second-order valence-electron chi connectivity index (χ2n) is 12.1. The number of benzene rings is 1. The average Bonchev–Trinajstić information content (AvgIpc) is 3.39. The summed E-state index contributed by atoms with van der Waals surface area (Å²) < 4.78 is 21.6. The minimum atomic E-state index is -0.399. The van der Waals surface area contributed by atoms with Crippen LogP contribution in [0.1, 0.15) is 68.3 Å². The zero-order chi connectivity index (χ0) is 29.8. The standard InChI is InChI=1S/C32H42FN7O3/c1-22-20-34-13-16-39(22)31(42)24-7-11-26(12-8-24)40-28-19-29(43-18-17-38-14-3-2-4-15-38)35-21-27(28)36-32(40)37-30(41)23-5-9-25(33)10-6-23/h5-6,9-10,19,21-22,24,26,34H,2-4,7-8,11-18,20H2,1H3,(H,36,37,41). The summed E-state index contributed by atoms with van der Waals surface area (Å²) in [6.45, 7) is 8.15. The van der Waals surface area contributed by atoms with Crippen molar-refractivity contribution in [3.8, 4) is 5.88 Å². The minimum absolute atomic E-state index is 0.000750. The molecule has 3 fully saturated rings. The van der Waals surface area contributed by atoms with Crippen molar-refractivity contribution in [3.05, 3.63) is 47.9 Å². The number of hydrogen-bond donors (Lipinski definition) is 2. The number of amides is 2. The molecule has 0 spiro atoms. The summed E-state index contributed by atoms with van der Waals surface area (Å²) in [6, 6.07) is 7.61. The first-order chi connectivity index (χ1) is 21.0. The lowest BCUT2D eigenvalue weighted by Gasteiger charge is -2.38. The van der Waals surface area contributed by atoms with Gasteiger partial charge in [0.1, 0.15) is 17.9 Å². The molecule has 1 aliphatic carbocycles. The van der Waals surface area contributed by atoms with Crippen molar-refractivity contribution in [1.82, 2.24) is 29.7 Å². The highest BCUT2D eigenvalue weighted by Gasteiger charge is 2.34. The van der Waals surface area contributed by atoms with Gasteiger partial charge in [-0.05, 0) is 82.8 Å². The number of nitrogens with one attached hydrogen (secondary N) is 2. The number of piperidine rings is 1. The van der Waals surface area contributed by atoms with Crippen LogP contribution in [-0.4, -0.2) is 88.1 Å². The number of rotatable bonds is 8. The highest BCUT2D eigenvalue weighted by Crippen LogP contribution is 2.38. The largest absolute Gasteiger partial charge is 0.476 e. The lowest BCUT2D eigenvalue weighted by molar-refractivity contribution is -0.139. The lowest BCUT2D eigenvalue weighted by atomic mass is 9.84. The van der Waals surface area contributed by atoms with E-state index in [0.717, 1.165) is 70.5 Å². The zero-order valence-corrected chi connectivity index (χ0v) is 24.9. The quantitative estimate of drug-likeness (QED) is 0.404. The minimum Gasteiger partial charge on any atom is -0.476 e. The number of carbonyl (C=O) groups is 2. The van der Waals surface area contributed by atoms with E-state index in [2.05, 4.69) is 32.0 Å². The lowest BCUT2D eigenvalue weighted by Crippen LogP contribution is -2.54. The molecule has 0 radical (unpaired) electrons. The summed E-state index contributed by atoms with van der Waals surface area (Å²) in [5.41, 5.74) is 1.84. The van der Waals surface area contributed by atoms with Crippen molar-refractivity contribution in [3.63, 3.8) is 0 Å². The molecule has 2 aromatic heterocycles. The molecule has 6 rings (SSSR count). The molecule has 11 heteroatoms. The summed E-state index contributed by atoms with van der Waals surface area (Å²) >= 11 is 0. The van der Waals surface area contributed by atoms with E-state index in [1.54, 1.807) is 6.20 Å². The number of ether oxygens (including phenoxy) is 1. The Balaban J connectivity index is 1.21. The Morgan fingerprint density at radius 3 is 2.58 bits per heavy atom. The number of anilines is 1. The van der Waals surface area contributed by atoms with Crippen molar-refractivity contribution in [2.75, 3.05) is 51.2 Å². The molecule has 1 atom stereocenters. The van der Waals surface area contributed by atoms with Gasteiger partial charge >= 0.3 is 0 Å². The summed E-state index contributed by atoms with van der Waals surface area (Å²) in [4.78, 5) is 40.3. The fourth-order valence-electron chi connectivity index (χ4n) is 6.74. The first-order valence-corrected chi connectivity index (χ1v) is 15.8. The molecular formula is C32H42FN7O3. The third-order valence-electron chi connectivity index (χ3n) is 9.18. The Hall–Kier alpha value is -3.57. The Labute approximate surface area is 252 Å². The number of piperazine rings is 1. The van der Waals surface area contributed by atoms with Crippen LogP contribution in [0.25, 0.3) is 11.0 Å². The SMILES string of the molecule is CC1CNCCN1C(=O)C1CCC(n2c(NC(=O)c3ccc(F)cc3)nc3cnc(OCCN4CCCCC4)cc32)CC1. The summed E-state index contributed by atoms with van der Waals surface area (Å²) in [5.74, 6) is 0.435. The van der Waals surface area contributed by atoms with E-state index in [0.29, 0.717) is 29.5 Å². The van der Waals surface area contributed by atoms with Gasteiger partial charge in [-0.3, -0.25) is 19.8 Å². The van der Waals surface area contributed by atoms with E-state index in [1.807, 2.05) is 11.0 Å². The number of imidazole rings is 1. The van der Waals surface area contributed by atoms with Gasteiger partial charge in [0.05, 0.1) is 11.7 Å². The summed E-state index contributed by atoms with van der Waals surface area (Å²) in [6.07, 6.45) is 8.58. The molecule has 2 amide bonds. The average molecular weight is 592 g/mol. The van der Waals surface area contributed by atoms with Crippen LogP contribution in [0.5, 0.6) is 5.88 Å². The molecule has 4 heterocycles. The highest BCUT2D eigenvalue weighted by atomic mass is 19.1. The Morgan fingerprint density at radius 2 is 1.84 bits per heavy atom. The maximum Gasteiger partial charge on any atom is 0.257 e. The monoisotopic (exact) mass is 591 g/mol. The van der Waals surface area contributed by atoms with Gasteiger partial charge in [-0.25, -0.2) is 14.4 Å². The Kier molecular flexibility index (Phi) is 9.18. The number of nitrogens with zero attached hydrogens (tertiary/aromatic N) is 5. The number of likely N-dealkylation sites (tertiary alicyclic amines) is 1. The second kappa shape index (κ2) is 13.4. The van der Waals surface area contributed by atoms with Gasteiger partial charge < -0.3 is 19.5 Å². The third-order valence-corrected chi connectivity index (χ3v) is 9.18. The number of hydrogen-bond acceptors (Lipinski definition) is 7.